The molecule has 88 valence electrons. The number of aromatic amines is 1. The molecule has 0 bridgehead atoms. The van der Waals surface area contributed by atoms with Crippen molar-refractivity contribution in [3.05, 3.63) is 33.1 Å². The molecule has 1 saturated heterocycles. The molecule has 1 aliphatic heterocycles. The summed E-state index contributed by atoms with van der Waals surface area (Å²) >= 11 is 0. The minimum absolute atomic E-state index is 0.206. The maximum atomic E-state index is 11.4. The van der Waals surface area contributed by atoms with E-state index in [0.29, 0.717) is 0 Å². The van der Waals surface area contributed by atoms with E-state index >= 15 is 0 Å². The number of nitrogens with one attached hydrogen (secondary N) is 1. The van der Waals surface area contributed by atoms with Gasteiger partial charge in [-0.25, -0.2) is 4.79 Å². The highest BCUT2D eigenvalue weighted by Gasteiger charge is 2.34. The largest absolute Gasteiger partial charge is 0.394 e. The third kappa shape index (κ3) is 1.92. The lowest BCUT2D eigenvalue weighted by Gasteiger charge is -2.13. The highest BCUT2D eigenvalue weighted by atomic mass is 16.6. The van der Waals surface area contributed by atoms with Crippen LogP contribution in [0.2, 0.25) is 0 Å². The van der Waals surface area contributed by atoms with Crippen LogP contribution in [0.3, 0.4) is 0 Å². The molecule has 0 spiro atoms. The molecule has 16 heavy (non-hydrogen) atoms. The van der Waals surface area contributed by atoms with Crippen LogP contribution in [0.15, 0.2) is 21.9 Å². The smallest absolute Gasteiger partial charge is 0.330 e. The van der Waals surface area contributed by atoms with Crippen LogP contribution < -0.4 is 11.2 Å². The molecule has 0 aromatic carbocycles. The van der Waals surface area contributed by atoms with Crippen molar-refractivity contribution in [2.75, 3.05) is 6.61 Å². The Hall–Kier alpha value is -1.44. The Balaban J connectivity index is 2.27. The summed E-state index contributed by atoms with van der Waals surface area (Å²) < 4.78 is 6.45. The van der Waals surface area contributed by atoms with E-state index in [1.54, 1.807) is 0 Å². The third-order valence-electron chi connectivity index (χ3n) is 2.55. The van der Waals surface area contributed by atoms with Gasteiger partial charge in [0, 0.05) is 18.7 Å². The summed E-state index contributed by atoms with van der Waals surface area (Å²) in [6.07, 6.45) is -0.649. The zero-order chi connectivity index (χ0) is 11.7. The van der Waals surface area contributed by atoms with Crippen LogP contribution in [0.5, 0.6) is 0 Å². The molecule has 1 aliphatic rings. The topological polar surface area (TPSA) is 105 Å². The predicted octanol–water partition coefficient (Wildman–Crippen LogP) is -1.82. The van der Waals surface area contributed by atoms with Crippen LogP contribution >= 0.6 is 0 Å². The molecule has 0 radical (unpaired) electrons. The van der Waals surface area contributed by atoms with E-state index in [-0.39, 0.29) is 13.0 Å². The van der Waals surface area contributed by atoms with Gasteiger partial charge in [-0.2, -0.15) is 0 Å². The van der Waals surface area contributed by atoms with E-state index in [1.807, 2.05) is 0 Å². The number of aliphatic hydroxyl groups is 2. The maximum absolute atomic E-state index is 11.4. The van der Waals surface area contributed by atoms with Crippen LogP contribution in [0.1, 0.15) is 12.6 Å². The van der Waals surface area contributed by atoms with Gasteiger partial charge in [0.15, 0.2) is 0 Å². The van der Waals surface area contributed by atoms with Gasteiger partial charge in [0.2, 0.25) is 0 Å². The first kappa shape index (κ1) is 11.1. The Morgan fingerprint density at radius 2 is 2.31 bits per heavy atom. The summed E-state index contributed by atoms with van der Waals surface area (Å²) in [5.41, 5.74) is -1.08. The monoisotopic (exact) mass is 229 g/mol. The van der Waals surface area contributed by atoms with Crippen molar-refractivity contribution in [1.82, 2.24) is 9.55 Å². The number of nitrogens with zero attached hydrogens (tertiary/aromatic N) is 1. The first-order valence-electron chi connectivity index (χ1n) is 4.87. The van der Waals surface area contributed by atoms with E-state index in [4.69, 9.17) is 9.84 Å². The molecule has 2 heterocycles. The van der Waals surface area contributed by atoms with Crippen LogP contribution in [-0.2, 0) is 4.74 Å². The Kier molecular flexibility index (Phi) is 2.90. The fourth-order valence-electron chi connectivity index (χ4n) is 1.70. The Labute approximate surface area is 89.9 Å². The lowest BCUT2D eigenvalue weighted by Crippen LogP contribution is -2.31. The van der Waals surface area contributed by atoms with Crippen molar-refractivity contribution in [3.8, 4) is 0 Å². The van der Waals surface area contributed by atoms with Gasteiger partial charge < -0.3 is 14.9 Å². The average Bonchev–Trinajstić information content (AvgIpc) is 2.59. The van der Waals surface area contributed by atoms with Crippen molar-refractivity contribution in [2.45, 2.75) is 24.9 Å². The lowest BCUT2D eigenvalue weighted by atomic mass is 10.2. The molecule has 1 aromatic heterocycles. The van der Waals surface area contributed by atoms with Gasteiger partial charge in [0.25, 0.3) is 5.56 Å². The molecule has 3 atom stereocenters. The van der Waals surface area contributed by atoms with Crippen molar-refractivity contribution in [3.63, 3.8) is 0 Å². The minimum Gasteiger partial charge on any atom is -0.394 e. The van der Waals surface area contributed by atoms with Gasteiger partial charge in [0.1, 0.15) is 12.3 Å². The maximum Gasteiger partial charge on any atom is 0.330 e. The van der Waals surface area contributed by atoms with Crippen LogP contribution in [0.4, 0.5) is 0 Å². The van der Waals surface area contributed by atoms with Gasteiger partial charge in [-0.3, -0.25) is 14.3 Å². The summed E-state index contributed by atoms with van der Waals surface area (Å²) in [6.45, 7) is -0.310. The fourth-order valence-corrected chi connectivity index (χ4v) is 1.70. The quantitative estimate of drug-likeness (QED) is 0.518. The minimum atomic E-state index is -0.811. The number of hydrogen-bond acceptors (Lipinski definition) is 5. The number of rotatable bonds is 2. The van der Waals surface area contributed by atoms with Crippen LogP contribution in [0.25, 0.3) is 0 Å². The SMILES string of the molecule is O=c1ccn([13C@H]2C[C@H](O)[C@@H](CO)O2)c(=O)[nH]1. The third-order valence-corrected chi connectivity index (χ3v) is 2.55. The number of aliphatic hydroxyl groups excluding tert-OH is 2. The van der Waals surface area contributed by atoms with Crippen LogP contribution in [0, 0.1) is 0 Å². The molecule has 3 N–H and O–H groups in total. The molecular formula is C9H12N2O5. The van der Waals surface area contributed by atoms with Crippen molar-refractivity contribution >= 4 is 0 Å². The first-order chi connectivity index (χ1) is 7.61. The van der Waals surface area contributed by atoms with Crippen molar-refractivity contribution < 1.29 is 14.9 Å². The van der Waals surface area contributed by atoms with E-state index in [2.05, 4.69) is 4.98 Å². The van der Waals surface area contributed by atoms with E-state index in [9.17, 15) is 14.7 Å². The van der Waals surface area contributed by atoms with Gasteiger partial charge in [-0.05, 0) is 0 Å². The lowest BCUT2D eigenvalue weighted by molar-refractivity contribution is -0.0459. The van der Waals surface area contributed by atoms with Gasteiger partial charge >= 0.3 is 5.69 Å². The van der Waals surface area contributed by atoms with Crippen molar-refractivity contribution in [2.24, 2.45) is 0 Å². The van der Waals surface area contributed by atoms with Gasteiger partial charge in [-0.15, -0.1) is 0 Å². The zero-order valence-corrected chi connectivity index (χ0v) is 8.37. The van der Waals surface area contributed by atoms with Gasteiger partial charge in [-0.1, -0.05) is 0 Å². The summed E-state index contributed by atoms with van der Waals surface area (Å²) in [6, 6.07) is 1.20. The Bertz CT molecular complexity index is 479. The summed E-state index contributed by atoms with van der Waals surface area (Å²) in [5.74, 6) is 0. The second kappa shape index (κ2) is 4.20. The normalized spacial score (nSPS) is 29.5. The number of hydrogen-bond donors (Lipinski definition) is 3. The second-order valence-corrected chi connectivity index (χ2v) is 3.63. The highest BCUT2D eigenvalue weighted by molar-refractivity contribution is 4.88. The molecule has 7 nitrogen and oxygen atoms in total. The second-order valence-electron chi connectivity index (χ2n) is 3.63. The predicted molar refractivity (Wildman–Crippen MR) is 52.9 cm³/mol. The standard InChI is InChI=1S/C9H12N2O5/c12-4-6-5(13)3-8(16-6)11-2-1-7(14)10-9(11)15/h1-2,5-6,8,12-13H,3-4H2,(H,10,14,15)/t5-,6+,8+/m0/s1/i8+1. The Morgan fingerprint density at radius 3 is 2.88 bits per heavy atom. The molecular weight excluding hydrogens is 217 g/mol. The molecule has 0 aliphatic carbocycles. The Morgan fingerprint density at radius 1 is 1.56 bits per heavy atom. The molecule has 7 heteroatoms. The zero-order valence-electron chi connectivity index (χ0n) is 8.37. The first-order valence-corrected chi connectivity index (χ1v) is 4.87. The summed E-state index contributed by atoms with van der Waals surface area (Å²) in [4.78, 5) is 24.3. The molecule has 0 saturated carbocycles. The molecule has 1 aromatic rings. The van der Waals surface area contributed by atoms with Gasteiger partial charge in [0.05, 0.1) is 12.7 Å². The molecule has 2 rings (SSSR count). The summed E-state index contributed by atoms with van der Waals surface area (Å²) in [7, 11) is 0. The average molecular weight is 229 g/mol. The number of H-pyrrole nitrogens is 1. The number of ether oxygens (including phenoxy) is 1. The molecule has 0 unspecified atom stereocenters. The number of aromatic nitrogens is 2. The van der Waals surface area contributed by atoms with E-state index in [1.165, 1.54) is 16.8 Å². The molecule has 1 fully saturated rings. The summed E-state index contributed by atoms with van der Waals surface area (Å²) in [5, 5.41) is 18.4. The van der Waals surface area contributed by atoms with Crippen molar-refractivity contribution in [1.29, 1.82) is 0 Å². The molecule has 0 amide bonds. The van der Waals surface area contributed by atoms with E-state index < -0.39 is 29.7 Å². The fraction of sp³-hybridized carbons (Fsp3) is 0.556. The highest BCUT2D eigenvalue weighted by Crippen LogP contribution is 2.26. The van der Waals surface area contributed by atoms with E-state index in [0.717, 1.165) is 0 Å². The van der Waals surface area contributed by atoms with Crippen LogP contribution in [-0.4, -0.2) is 38.6 Å².